The van der Waals surface area contributed by atoms with Gasteiger partial charge in [0.2, 0.25) is 0 Å². The van der Waals surface area contributed by atoms with E-state index in [1.54, 1.807) is 25.1 Å². The summed E-state index contributed by atoms with van der Waals surface area (Å²) in [7, 11) is 0. The van der Waals surface area contributed by atoms with Gasteiger partial charge in [-0.2, -0.15) is 0 Å². The Morgan fingerprint density at radius 2 is 1.87 bits per heavy atom. The van der Waals surface area contributed by atoms with Gasteiger partial charge in [0.15, 0.2) is 0 Å². The average Bonchev–Trinajstić information content (AvgIpc) is 2.50. The van der Waals surface area contributed by atoms with Gasteiger partial charge in [-0.25, -0.2) is 4.79 Å². The Hall–Kier alpha value is -2.14. The van der Waals surface area contributed by atoms with Crippen molar-refractivity contribution in [2.24, 2.45) is 0 Å². The van der Waals surface area contributed by atoms with Crippen LogP contribution in [0.3, 0.4) is 0 Å². The maximum absolute atomic E-state index is 11.7. The number of aromatic nitrogens is 2. The van der Waals surface area contributed by atoms with Crippen LogP contribution in [0.1, 0.15) is 40.1 Å². The van der Waals surface area contributed by atoms with E-state index in [1.807, 2.05) is 20.8 Å². The Bertz CT molecular complexity index is 732. The monoisotopic (exact) mass is 333 g/mol. The van der Waals surface area contributed by atoms with Crippen molar-refractivity contribution in [3.63, 3.8) is 0 Å². The Labute approximate surface area is 141 Å². The molecule has 6 heteroatoms. The largest absolute Gasteiger partial charge is 0.462 e. The number of aryl methyl sites for hydroxylation is 3. The molecule has 1 aromatic carbocycles. The molecular formula is C17H20ClN3O2. The summed E-state index contributed by atoms with van der Waals surface area (Å²) in [5, 5.41) is 3.69. The zero-order valence-electron chi connectivity index (χ0n) is 13.7. The van der Waals surface area contributed by atoms with Gasteiger partial charge >= 0.3 is 5.97 Å². The van der Waals surface area contributed by atoms with Crippen molar-refractivity contribution in [1.82, 2.24) is 9.97 Å². The van der Waals surface area contributed by atoms with Gasteiger partial charge in [-0.15, -0.1) is 0 Å². The molecule has 0 fully saturated rings. The van der Waals surface area contributed by atoms with Crippen molar-refractivity contribution < 1.29 is 9.53 Å². The third kappa shape index (κ3) is 4.20. The Morgan fingerprint density at radius 1 is 1.17 bits per heavy atom. The molecule has 0 aliphatic heterocycles. The number of hydrogen-bond donors (Lipinski definition) is 1. The van der Waals surface area contributed by atoms with Gasteiger partial charge in [0.25, 0.3) is 0 Å². The number of benzene rings is 1. The van der Waals surface area contributed by atoms with E-state index >= 15 is 0 Å². The molecule has 5 nitrogen and oxygen atoms in total. The van der Waals surface area contributed by atoms with E-state index in [-0.39, 0.29) is 5.97 Å². The molecule has 1 aromatic heterocycles. The minimum Gasteiger partial charge on any atom is -0.462 e. The first-order valence-corrected chi connectivity index (χ1v) is 7.81. The highest BCUT2D eigenvalue weighted by Gasteiger charge is 2.10. The van der Waals surface area contributed by atoms with Gasteiger partial charge in [0.05, 0.1) is 52.2 Å². The second kappa shape index (κ2) is 7.42. The number of rotatable bonds is 5. The fourth-order valence-electron chi connectivity index (χ4n) is 2.11. The van der Waals surface area contributed by atoms with E-state index < -0.39 is 0 Å². The third-order valence-electron chi connectivity index (χ3n) is 3.51. The van der Waals surface area contributed by atoms with Crippen molar-refractivity contribution in [3.8, 4) is 0 Å². The molecular weight excluding hydrogens is 314 g/mol. The molecule has 0 spiro atoms. The fourth-order valence-corrected chi connectivity index (χ4v) is 2.35. The molecule has 0 aliphatic rings. The molecule has 0 atom stereocenters. The highest BCUT2D eigenvalue weighted by Crippen LogP contribution is 2.24. The SMILES string of the molecule is CCOC(=O)c1ccc(NCc2nc(C)c(C)nc2C)c(Cl)c1. The number of nitrogens with zero attached hydrogens (tertiary/aromatic N) is 2. The van der Waals surface area contributed by atoms with Crippen molar-refractivity contribution in [3.05, 3.63) is 51.6 Å². The zero-order valence-corrected chi connectivity index (χ0v) is 14.5. The quantitative estimate of drug-likeness (QED) is 0.842. The molecule has 0 saturated heterocycles. The standard InChI is InChI=1S/C17H20ClN3O2/c1-5-23-17(22)13-6-7-15(14(18)8-13)19-9-16-12(4)20-10(2)11(3)21-16/h6-8,19H,5,9H2,1-4H3. The van der Waals surface area contributed by atoms with Gasteiger partial charge in [0, 0.05) is 0 Å². The lowest BCUT2D eigenvalue weighted by Crippen LogP contribution is -2.09. The fraction of sp³-hybridized carbons (Fsp3) is 0.353. The van der Waals surface area contributed by atoms with Crippen molar-refractivity contribution >= 4 is 23.3 Å². The summed E-state index contributed by atoms with van der Waals surface area (Å²) < 4.78 is 4.96. The molecule has 0 aliphatic carbocycles. The van der Waals surface area contributed by atoms with Crippen LogP contribution in [0.15, 0.2) is 18.2 Å². The molecule has 0 amide bonds. The molecule has 2 rings (SSSR count). The molecule has 2 aromatic rings. The van der Waals surface area contributed by atoms with Gasteiger partial charge in [-0.3, -0.25) is 9.97 Å². The maximum atomic E-state index is 11.7. The van der Waals surface area contributed by atoms with Crippen LogP contribution < -0.4 is 5.32 Å². The lowest BCUT2D eigenvalue weighted by Gasteiger charge is -2.12. The Morgan fingerprint density at radius 3 is 2.52 bits per heavy atom. The maximum Gasteiger partial charge on any atom is 0.338 e. The predicted octanol–water partition coefficient (Wildman–Crippen LogP) is 3.84. The van der Waals surface area contributed by atoms with Crippen LogP contribution in [0.4, 0.5) is 5.69 Å². The summed E-state index contributed by atoms with van der Waals surface area (Å²) in [5.41, 5.74) is 4.78. The second-order valence-corrected chi connectivity index (χ2v) is 5.60. The third-order valence-corrected chi connectivity index (χ3v) is 3.82. The average molecular weight is 334 g/mol. The minimum absolute atomic E-state index is 0.334. The van der Waals surface area contributed by atoms with E-state index in [2.05, 4.69) is 15.3 Å². The Kier molecular flexibility index (Phi) is 5.55. The number of carbonyl (C=O) groups is 1. The van der Waals surface area contributed by atoms with Crippen LogP contribution in [0.25, 0.3) is 0 Å². The first-order valence-electron chi connectivity index (χ1n) is 7.43. The lowest BCUT2D eigenvalue weighted by molar-refractivity contribution is 0.0526. The van der Waals surface area contributed by atoms with Crippen LogP contribution in [0.2, 0.25) is 5.02 Å². The topological polar surface area (TPSA) is 64.1 Å². The normalized spacial score (nSPS) is 10.5. The second-order valence-electron chi connectivity index (χ2n) is 5.20. The van der Waals surface area contributed by atoms with Gasteiger partial charge in [0.1, 0.15) is 0 Å². The summed E-state index contributed by atoms with van der Waals surface area (Å²) >= 11 is 6.23. The number of carbonyl (C=O) groups excluding carboxylic acids is 1. The van der Waals surface area contributed by atoms with Crippen LogP contribution in [0.5, 0.6) is 0 Å². The molecule has 1 heterocycles. The van der Waals surface area contributed by atoms with Crippen LogP contribution in [-0.2, 0) is 11.3 Å². The van der Waals surface area contributed by atoms with Crippen LogP contribution >= 0.6 is 11.6 Å². The van der Waals surface area contributed by atoms with Crippen molar-refractivity contribution in [2.75, 3.05) is 11.9 Å². The van der Waals surface area contributed by atoms with Gasteiger partial charge < -0.3 is 10.1 Å². The van der Waals surface area contributed by atoms with E-state index in [4.69, 9.17) is 16.3 Å². The molecule has 0 radical (unpaired) electrons. The molecule has 0 unspecified atom stereocenters. The molecule has 1 N–H and O–H groups in total. The number of anilines is 1. The highest BCUT2D eigenvalue weighted by atomic mass is 35.5. The lowest BCUT2D eigenvalue weighted by atomic mass is 10.2. The first-order chi connectivity index (χ1) is 10.9. The Balaban J connectivity index is 2.12. The summed E-state index contributed by atoms with van der Waals surface area (Å²) in [6.07, 6.45) is 0. The molecule has 0 bridgehead atoms. The zero-order chi connectivity index (χ0) is 17.0. The first kappa shape index (κ1) is 17.2. The number of esters is 1. The summed E-state index contributed by atoms with van der Waals surface area (Å²) in [4.78, 5) is 20.7. The summed E-state index contributed by atoms with van der Waals surface area (Å²) in [5.74, 6) is -0.378. The van der Waals surface area contributed by atoms with Crippen molar-refractivity contribution in [1.29, 1.82) is 0 Å². The smallest absolute Gasteiger partial charge is 0.338 e. The molecule has 122 valence electrons. The number of halogens is 1. The minimum atomic E-state index is -0.378. The predicted molar refractivity (Wildman–Crippen MR) is 91.0 cm³/mol. The van der Waals surface area contributed by atoms with E-state index in [9.17, 15) is 4.79 Å². The number of ether oxygens (including phenoxy) is 1. The van der Waals surface area contributed by atoms with E-state index in [1.165, 1.54) is 0 Å². The molecule has 0 saturated carbocycles. The summed E-state index contributed by atoms with van der Waals surface area (Å²) in [6.45, 7) is 8.42. The summed E-state index contributed by atoms with van der Waals surface area (Å²) in [6, 6.07) is 5.05. The number of hydrogen-bond acceptors (Lipinski definition) is 5. The van der Waals surface area contributed by atoms with E-state index in [0.29, 0.717) is 23.7 Å². The van der Waals surface area contributed by atoms with Crippen molar-refractivity contribution in [2.45, 2.75) is 34.2 Å². The van der Waals surface area contributed by atoms with Gasteiger partial charge in [-0.1, -0.05) is 11.6 Å². The number of nitrogens with one attached hydrogen (secondary N) is 1. The highest BCUT2D eigenvalue weighted by molar-refractivity contribution is 6.33. The van der Waals surface area contributed by atoms with E-state index in [0.717, 1.165) is 28.5 Å². The van der Waals surface area contributed by atoms with Gasteiger partial charge in [-0.05, 0) is 45.9 Å². The van der Waals surface area contributed by atoms with Crippen LogP contribution in [0, 0.1) is 20.8 Å². The molecule has 23 heavy (non-hydrogen) atoms. The van der Waals surface area contributed by atoms with Crippen LogP contribution in [-0.4, -0.2) is 22.5 Å².